The molecule has 7 heteroatoms. The number of para-hydroxylation sites is 2. The van der Waals surface area contributed by atoms with Crippen LogP contribution in [0, 0.1) is 0 Å². The van der Waals surface area contributed by atoms with Gasteiger partial charge < -0.3 is 20.2 Å². The lowest BCUT2D eigenvalue weighted by molar-refractivity contribution is 0.200. The highest BCUT2D eigenvalue weighted by atomic mass is 16.3. The summed E-state index contributed by atoms with van der Waals surface area (Å²) in [6, 6.07) is 13.5. The van der Waals surface area contributed by atoms with Crippen LogP contribution in [0.15, 0.2) is 110 Å². The summed E-state index contributed by atoms with van der Waals surface area (Å²) in [5.41, 5.74) is 2.46. The van der Waals surface area contributed by atoms with Gasteiger partial charge in [0, 0.05) is 18.4 Å². The fraction of sp³-hybridized carbons (Fsp3) is 0.107. The number of aromatic nitrogens is 3. The Labute approximate surface area is 204 Å². The number of aliphatic hydroxyl groups is 1. The van der Waals surface area contributed by atoms with E-state index in [1.807, 2.05) is 30.2 Å². The van der Waals surface area contributed by atoms with Gasteiger partial charge in [0.05, 0.1) is 23.1 Å². The molecule has 2 atom stereocenters. The fourth-order valence-electron chi connectivity index (χ4n) is 3.80. The van der Waals surface area contributed by atoms with Crippen LogP contribution in [0.1, 0.15) is 11.7 Å². The van der Waals surface area contributed by atoms with Crippen molar-refractivity contribution in [2.45, 2.75) is 12.0 Å². The van der Waals surface area contributed by atoms with Crippen molar-refractivity contribution >= 4 is 0 Å². The van der Waals surface area contributed by atoms with Gasteiger partial charge in [0.2, 0.25) is 0 Å². The molecule has 1 aliphatic rings. The number of aliphatic hydroxyl groups excluding tert-OH is 1. The quantitative estimate of drug-likeness (QED) is 0.434. The van der Waals surface area contributed by atoms with Gasteiger partial charge in [0.15, 0.2) is 11.6 Å². The topological polar surface area (TPSA) is 103 Å². The van der Waals surface area contributed by atoms with E-state index in [0.29, 0.717) is 17.0 Å². The van der Waals surface area contributed by atoms with Crippen molar-refractivity contribution in [2.24, 2.45) is 0 Å². The van der Waals surface area contributed by atoms with E-state index in [1.165, 1.54) is 0 Å². The highest BCUT2D eigenvalue weighted by Gasteiger charge is 2.27. The number of phenols is 2. The highest BCUT2D eigenvalue weighted by molar-refractivity contribution is 5.68. The minimum absolute atomic E-state index is 0.0122. The standard InChI is InChI=1S/C28H26N4O3/c1-4-10-18(5-2)32(3)19-15-16-25(35)22(17-19)28-30-26(20-11-6-8-13-23(20)33)29-27(31-28)21-12-7-9-14-24(21)34/h4-17,22,25,33-35H,1-2H2,3H3. The van der Waals surface area contributed by atoms with Gasteiger partial charge in [0.1, 0.15) is 17.3 Å². The molecule has 1 aliphatic carbocycles. The van der Waals surface area contributed by atoms with E-state index in [4.69, 9.17) is 0 Å². The average Bonchev–Trinajstić information content (AvgIpc) is 2.87. The molecule has 7 nitrogen and oxygen atoms in total. The van der Waals surface area contributed by atoms with Crippen LogP contribution < -0.4 is 0 Å². The zero-order chi connectivity index (χ0) is 24.9. The molecule has 35 heavy (non-hydrogen) atoms. The molecule has 1 aromatic heterocycles. The molecule has 0 aliphatic heterocycles. The fourth-order valence-corrected chi connectivity index (χ4v) is 3.80. The Bertz CT molecular complexity index is 1300. The van der Waals surface area contributed by atoms with Crippen LogP contribution in [0.4, 0.5) is 0 Å². The third-order valence-electron chi connectivity index (χ3n) is 5.70. The SMILES string of the molecule is C=CC=C(C=C)N(C)C1=CC(c2nc(-c3ccccc3O)nc(-c3ccccc3O)n2)C(O)C=C1. The maximum absolute atomic E-state index is 10.9. The van der Waals surface area contributed by atoms with Gasteiger partial charge in [-0.25, -0.2) is 15.0 Å². The lowest BCUT2D eigenvalue weighted by Crippen LogP contribution is -2.25. The maximum Gasteiger partial charge on any atom is 0.167 e. The normalized spacial score (nSPS) is 17.5. The minimum Gasteiger partial charge on any atom is -0.507 e. The Balaban J connectivity index is 1.87. The third kappa shape index (κ3) is 4.90. The Morgan fingerprint density at radius 1 is 0.914 bits per heavy atom. The van der Waals surface area contributed by atoms with Gasteiger partial charge in [-0.1, -0.05) is 49.6 Å². The largest absolute Gasteiger partial charge is 0.507 e. The number of rotatable bonds is 7. The number of allylic oxidation sites excluding steroid dienone is 4. The van der Waals surface area contributed by atoms with Crippen molar-refractivity contribution < 1.29 is 15.3 Å². The second-order valence-corrected chi connectivity index (χ2v) is 7.93. The van der Waals surface area contributed by atoms with Crippen molar-refractivity contribution in [3.05, 3.63) is 115 Å². The summed E-state index contributed by atoms with van der Waals surface area (Å²) in [5, 5.41) is 31.7. The number of aromatic hydroxyl groups is 2. The first-order valence-electron chi connectivity index (χ1n) is 11.0. The molecule has 2 aromatic carbocycles. The van der Waals surface area contributed by atoms with Gasteiger partial charge in [-0.15, -0.1) is 0 Å². The Morgan fingerprint density at radius 2 is 1.49 bits per heavy atom. The van der Waals surface area contributed by atoms with E-state index in [-0.39, 0.29) is 23.1 Å². The zero-order valence-electron chi connectivity index (χ0n) is 19.3. The molecule has 0 saturated carbocycles. The van der Waals surface area contributed by atoms with Crippen LogP contribution in [0.25, 0.3) is 22.8 Å². The predicted molar refractivity (Wildman–Crippen MR) is 136 cm³/mol. The summed E-state index contributed by atoms with van der Waals surface area (Å²) < 4.78 is 0. The molecule has 2 unspecified atom stereocenters. The molecule has 3 N–H and O–H groups in total. The first-order chi connectivity index (χ1) is 16.9. The monoisotopic (exact) mass is 466 g/mol. The molecule has 0 amide bonds. The number of likely N-dealkylation sites (N-methyl/N-ethyl adjacent to an activating group) is 1. The van der Waals surface area contributed by atoms with Crippen molar-refractivity contribution in [1.82, 2.24) is 19.9 Å². The molecule has 1 heterocycles. The van der Waals surface area contributed by atoms with Gasteiger partial charge in [-0.2, -0.15) is 0 Å². The van der Waals surface area contributed by atoms with Gasteiger partial charge >= 0.3 is 0 Å². The van der Waals surface area contributed by atoms with Gasteiger partial charge in [-0.05, 0) is 48.6 Å². The van der Waals surface area contributed by atoms with Crippen LogP contribution in [-0.2, 0) is 0 Å². The number of benzene rings is 2. The number of hydrogen-bond donors (Lipinski definition) is 3. The van der Waals surface area contributed by atoms with E-state index in [0.717, 1.165) is 11.4 Å². The molecule has 0 bridgehead atoms. The van der Waals surface area contributed by atoms with Crippen LogP contribution in [0.5, 0.6) is 11.5 Å². The highest BCUT2D eigenvalue weighted by Crippen LogP contribution is 2.34. The molecule has 4 rings (SSSR count). The summed E-state index contributed by atoms with van der Waals surface area (Å²) in [6.07, 6.45) is 9.69. The van der Waals surface area contributed by atoms with Crippen molar-refractivity contribution in [3.63, 3.8) is 0 Å². The van der Waals surface area contributed by atoms with Crippen molar-refractivity contribution in [2.75, 3.05) is 7.05 Å². The molecular formula is C28H26N4O3. The van der Waals surface area contributed by atoms with Gasteiger partial charge in [0.25, 0.3) is 0 Å². The van der Waals surface area contributed by atoms with E-state index < -0.39 is 12.0 Å². The third-order valence-corrected chi connectivity index (χ3v) is 5.70. The summed E-state index contributed by atoms with van der Waals surface area (Å²) in [7, 11) is 1.89. The lowest BCUT2D eigenvalue weighted by atomic mass is 9.94. The number of phenolic OH excluding ortho intramolecular Hbond substituents is 2. The summed E-state index contributed by atoms with van der Waals surface area (Å²) in [6.45, 7) is 7.60. The number of nitrogens with zero attached hydrogens (tertiary/aromatic N) is 4. The molecule has 0 fully saturated rings. The molecule has 176 valence electrons. The van der Waals surface area contributed by atoms with Crippen LogP contribution in [0.3, 0.4) is 0 Å². The average molecular weight is 467 g/mol. The van der Waals surface area contributed by atoms with Crippen LogP contribution in [0.2, 0.25) is 0 Å². The van der Waals surface area contributed by atoms with Gasteiger partial charge in [-0.3, -0.25) is 0 Å². The Hall–Kier alpha value is -4.49. The number of hydrogen-bond acceptors (Lipinski definition) is 7. The minimum atomic E-state index is -0.889. The summed E-state index contributed by atoms with van der Waals surface area (Å²) in [5.74, 6) is 0.178. The summed E-state index contributed by atoms with van der Waals surface area (Å²) >= 11 is 0. The Morgan fingerprint density at radius 3 is 2.00 bits per heavy atom. The molecule has 0 radical (unpaired) electrons. The first-order valence-corrected chi connectivity index (χ1v) is 11.0. The Kier molecular flexibility index (Phi) is 6.89. The van der Waals surface area contributed by atoms with Crippen LogP contribution >= 0.6 is 0 Å². The predicted octanol–water partition coefficient (Wildman–Crippen LogP) is 4.70. The second kappa shape index (κ2) is 10.2. The van der Waals surface area contributed by atoms with E-state index in [1.54, 1.807) is 66.8 Å². The molecule has 0 saturated heterocycles. The second-order valence-electron chi connectivity index (χ2n) is 7.93. The summed E-state index contributed by atoms with van der Waals surface area (Å²) in [4.78, 5) is 15.7. The van der Waals surface area contributed by atoms with Crippen LogP contribution in [-0.4, -0.2) is 48.3 Å². The van der Waals surface area contributed by atoms with E-state index in [9.17, 15) is 15.3 Å². The molecular weight excluding hydrogens is 440 g/mol. The van der Waals surface area contributed by atoms with E-state index >= 15 is 0 Å². The first kappa shape index (κ1) is 23.7. The molecule has 0 spiro atoms. The smallest absolute Gasteiger partial charge is 0.167 e. The molecule has 3 aromatic rings. The maximum atomic E-state index is 10.9. The zero-order valence-corrected chi connectivity index (χ0v) is 19.3. The van der Waals surface area contributed by atoms with E-state index in [2.05, 4.69) is 28.1 Å². The van der Waals surface area contributed by atoms with Crippen molar-refractivity contribution in [1.29, 1.82) is 0 Å². The van der Waals surface area contributed by atoms with Crippen molar-refractivity contribution in [3.8, 4) is 34.3 Å². The lowest BCUT2D eigenvalue weighted by Gasteiger charge is -2.28.